The number of unbranched alkanes of at least 4 members (excludes halogenated alkanes) is 24. The van der Waals surface area contributed by atoms with Crippen molar-refractivity contribution in [2.75, 3.05) is 0 Å². The molecule has 0 amide bonds. The van der Waals surface area contributed by atoms with Crippen molar-refractivity contribution in [3.05, 3.63) is 0 Å². The first kappa shape index (κ1) is 35.5. The maximum atomic E-state index is 11.8. The summed E-state index contributed by atoms with van der Waals surface area (Å²) in [6, 6.07) is 0. The van der Waals surface area contributed by atoms with E-state index in [1.54, 1.807) is 0 Å². The molecule has 2 nitrogen and oxygen atoms in total. The Hall–Kier alpha value is -0.530. The summed E-state index contributed by atoms with van der Waals surface area (Å²) in [7, 11) is 0. The van der Waals surface area contributed by atoms with Crippen LogP contribution in [-0.4, -0.2) is 11.1 Å². The molecular weight excluding hydrogens is 440 g/mol. The fourth-order valence-corrected chi connectivity index (χ4v) is 5.72. The fourth-order valence-electron chi connectivity index (χ4n) is 5.72. The number of carbonyl (C=O) groups is 1. The van der Waals surface area contributed by atoms with Crippen molar-refractivity contribution in [3.8, 4) is 0 Å². The summed E-state index contributed by atoms with van der Waals surface area (Å²) in [6.07, 6.45) is 37.4. The standard InChI is InChI=1S/C34H68O2/c1-4-6-8-10-12-14-16-17-18-19-21-23-25-27-29-31-33(34(35)36)32(3)30-28-26-24-22-20-15-13-11-9-7-5-2/h32-33H,4-31H2,1-3H3,(H,35,36). The lowest BCUT2D eigenvalue weighted by Gasteiger charge is -2.20. The summed E-state index contributed by atoms with van der Waals surface area (Å²) in [5.41, 5.74) is 0. The van der Waals surface area contributed by atoms with E-state index in [-0.39, 0.29) is 5.92 Å². The molecule has 0 radical (unpaired) electrons. The van der Waals surface area contributed by atoms with Gasteiger partial charge in [-0.25, -0.2) is 0 Å². The second-order valence-electron chi connectivity index (χ2n) is 12.0. The summed E-state index contributed by atoms with van der Waals surface area (Å²) in [5, 5.41) is 9.74. The highest BCUT2D eigenvalue weighted by atomic mass is 16.4. The molecule has 2 heteroatoms. The zero-order valence-electron chi connectivity index (χ0n) is 25.3. The zero-order chi connectivity index (χ0) is 26.5. The quantitative estimate of drug-likeness (QED) is 0.0979. The fraction of sp³-hybridized carbons (Fsp3) is 0.971. The summed E-state index contributed by atoms with van der Waals surface area (Å²) in [6.45, 7) is 6.75. The molecule has 0 aliphatic carbocycles. The Morgan fingerprint density at radius 3 is 0.972 bits per heavy atom. The van der Waals surface area contributed by atoms with E-state index >= 15 is 0 Å². The van der Waals surface area contributed by atoms with E-state index in [0.717, 1.165) is 19.3 Å². The van der Waals surface area contributed by atoms with E-state index in [9.17, 15) is 9.90 Å². The molecule has 36 heavy (non-hydrogen) atoms. The molecule has 0 rings (SSSR count). The minimum Gasteiger partial charge on any atom is -0.481 e. The van der Waals surface area contributed by atoms with Crippen LogP contribution in [0.15, 0.2) is 0 Å². The van der Waals surface area contributed by atoms with Gasteiger partial charge in [0.1, 0.15) is 0 Å². The van der Waals surface area contributed by atoms with Crippen molar-refractivity contribution in [1.29, 1.82) is 0 Å². The molecule has 0 aromatic heterocycles. The van der Waals surface area contributed by atoms with Crippen LogP contribution in [0, 0.1) is 11.8 Å². The molecule has 0 saturated heterocycles. The second-order valence-corrected chi connectivity index (χ2v) is 12.0. The van der Waals surface area contributed by atoms with Gasteiger partial charge in [-0.1, -0.05) is 188 Å². The summed E-state index contributed by atoms with van der Waals surface area (Å²) < 4.78 is 0. The average molecular weight is 509 g/mol. The van der Waals surface area contributed by atoms with E-state index in [0.29, 0.717) is 5.92 Å². The summed E-state index contributed by atoms with van der Waals surface area (Å²) >= 11 is 0. The first-order valence-corrected chi connectivity index (χ1v) is 16.9. The number of hydrogen-bond donors (Lipinski definition) is 1. The molecule has 0 bridgehead atoms. The highest BCUT2D eigenvalue weighted by Crippen LogP contribution is 2.25. The predicted octanol–water partition coefficient (Wildman–Crippen LogP) is 12.3. The number of hydrogen-bond acceptors (Lipinski definition) is 1. The normalized spacial score (nSPS) is 13.2. The first-order chi connectivity index (χ1) is 17.6. The average Bonchev–Trinajstić information content (AvgIpc) is 2.86. The van der Waals surface area contributed by atoms with Crippen molar-refractivity contribution in [3.63, 3.8) is 0 Å². The van der Waals surface area contributed by atoms with Crippen LogP contribution >= 0.6 is 0 Å². The number of carboxylic acid groups (broad SMARTS) is 1. The van der Waals surface area contributed by atoms with Gasteiger partial charge in [0.05, 0.1) is 5.92 Å². The van der Waals surface area contributed by atoms with Crippen LogP contribution in [0.3, 0.4) is 0 Å². The van der Waals surface area contributed by atoms with E-state index in [1.807, 2.05) is 0 Å². The van der Waals surface area contributed by atoms with Crippen molar-refractivity contribution in [2.24, 2.45) is 11.8 Å². The topological polar surface area (TPSA) is 37.3 Å². The molecule has 0 saturated carbocycles. The molecule has 2 atom stereocenters. The second kappa shape index (κ2) is 29.0. The third-order valence-corrected chi connectivity index (χ3v) is 8.39. The zero-order valence-corrected chi connectivity index (χ0v) is 25.3. The molecule has 1 N–H and O–H groups in total. The van der Waals surface area contributed by atoms with Crippen LogP contribution in [0.2, 0.25) is 0 Å². The van der Waals surface area contributed by atoms with E-state index in [1.165, 1.54) is 161 Å². The van der Waals surface area contributed by atoms with E-state index < -0.39 is 5.97 Å². The maximum absolute atomic E-state index is 11.8. The molecule has 0 aliphatic heterocycles. The molecule has 0 aromatic rings. The van der Waals surface area contributed by atoms with Crippen molar-refractivity contribution in [2.45, 2.75) is 201 Å². The van der Waals surface area contributed by atoms with Gasteiger partial charge in [-0.05, 0) is 18.8 Å². The third-order valence-electron chi connectivity index (χ3n) is 8.39. The molecule has 0 heterocycles. The maximum Gasteiger partial charge on any atom is 0.306 e. The van der Waals surface area contributed by atoms with Crippen LogP contribution in [0.25, 0.3) is 0 Å². The monoisotopic (exact) mass is 509 g/mol. The van der Waals surface area contributed by atoms with Gasteiger partial charge in [0.25, 0.3) is 0 Å². The number of aliphatic carboxylic acids is 1. The van der Waals surface area contributed by atoms with Crippen molar-refractivity contribution in [1.82, 2.24) is 0 Å². The lowest BCUT2D eigenvalue weighted by atomic mass is 9.85. The Bertz CT molecular complexity index is 433. The van der Waals surface area contributed by atoms with Crippen molar-refractivity contribution >= 4 is 5.97 Å². The number of carboxylic acids is 1. The van der Waals surface area contributed by atoms with Gasteiger partial charge in [0, 0.05) is 0 Å². The molecule has 0 aromatic carbocycles. The Morgan fingerprint density at radius 2 is 0.694 bits per heavy atom. The van der Waals surface area contributed by atoms with Gasteiger partial charge in [-0.15, -0.1) is 0 Å². The molecule has 216 valence electrons. The lowest BCUT2D eigenvalue weighted by molar-refractivity contribution is -0.143. The Balaban J connectivity index is 3.55. The van der Waals surface area contributed by atoms with Gasteiger partial charge >= 0.3 is 5.97 Å². The first-order valence-electron chi connectivity index (χ1n) is 16.9. The smallest absolute Gasteiger partial charge is 0.306 e. The minimum absolute atomic E-state index is 0.130. The Morgan fingerprint density at radius 1 is 0.444 bits per heavy atom. The Labute approximate surface area is 228 Å². The van der Waals surface area contributed by atoms with Crippen LogP contribution in [-0.2, 0) is 4.79 Å². The molecular formula is C34H68O2. The van der Waals surface area contributed by atoms with Gasteiger partial charge in [0.15, 0.2) is 0 Å². The van der Waals surface area contributed by atoms with Gasteiger partial charge in [-0.2, -0.15) is 0 Å². The minimum atomic E-state index is -0.559. The lowest BCUT2D eigenvalue weighted by Crippen LogP contribution is -2.21. The predicted molar refractivity (Wildman–Crippen MR) is 161 cm³/mol. The summed E-state index contributed by atoms with van der Waals surface area (Å²) in [4.78, 5) is 11.8. The van der Waals surface area contributed by atoms with Gasteiger partial charge in [-0.3, -0.25) is 4.79 Å². The van der Waals surface area contributed by atoms with E-state index in [4.69, 9.17) is 0 Å². The number of rotatable bonds is 30. The van der Waals surface area contributed by atoms with Crippen LogP contribution in [0.4, 0.5) is 0 Å². The highest BCUT2D eigenvalue weighted by molar-refractivity contribution is 5.70. The van der Waals surface area contributed by atoms with Crippen LogP contribution in [0.1, 0.15) is 201 Å². The third kappa shape index (κ3) is 25.1. The summed E-state index contributed by atoms with van der Waals surface area (Å²) in [5.74, 6) is -0.362. The highest BCUT2D eigenvalue weighted by Gasteiger charge is 2.23. The van der Waals surface area contributed by atoms with Gasteiger partial charge < -0.3 is 5.11 Å². The SMILES string of the molecule is CCCCCCCCCCCCCCCCCC(C(=O)O)C(C)CCCCCCCCCCCCC. The molecule has 0 fully saturated rings. The Kier molecular flexibility index (Phi) is 28.6. The van der Waals surface area contributed by atoms with E-state index in [2.05, 4.69) is 20.8 Å². The van der Waals surface area contributed by atoms with Crippen LogP contribution in [0.5, 0.6) is 0 Å². The molecule has 2 unspecified atom stereocenters. The molecule has 0 aliphatic rings. The van der Waals surface area contributed by atoms with Crippen molar-refractivity contribution < 1.29 is 9.90 Å². The largest absolute Gasteiger partial charge is 0.481 e. The van der Waals surface area contributed by atoms with Crippen LogP contribution < -0.4 is 0 Å². The molecule has 0 spiro atoms. The van der Waals surface area contributed by atoms with Gasteiger partial charge in [0.2, 0.25) is 0 Å².